The Balaban J connectivity index is 2.42. The summed E-state index contributed by atoms with van der Waals surface area (Å²) in [7, 11) is 0.0280. The van der Waals surface area contributed by atoms with Crippen molar-refractivity contribution in [3.05, 3.63) is 35.9 Å². The van der Waals surface area contributed by atoms with E-state index in [0.717, 1.165) is 12.8 Å². The van der Waals surface area contributed by atoms with Gasteiger partial charge in [0, 0.05) is 26.7 Å². The van der Waals surface area contributed by atoms with Crippen LogP contribution < -0.4 is 5.32 Å². The minimum atomic E-state index is -3.10. The van der Waals surface area contributed by atoms with Gasteiger partial charge >= 0.3 is 0 Å². The van der Waals surface area contributed by atoms with E-state index in [4.69, 9.17) is 0 Å². The van der Waals surface area contributed by atoms with Gasteiger partial charge in [-0.05, 0) is 18.4 Å². The van der Waals surface area contributed by atoms with Crippen LogP contribution in [0.2, 0.25) is 0 Å². The summed E-state index contributed by atoms with van der Waals surface area (Å²) < 4.78 is 24.6. The molecule has 0 fully saturated rings. The van der Waals surface area contributed by atoms with E-state index >= 15 is 0 Å². The van der Waals surface area contributed by atoms with Gasteiger partial charge in [0.2, 0.25) is 10.0 Å². The zero-order valence-electron chi connectivity index (χ0n) is 12.0. The molecule has 1 aromatic rings. The lowest BCUT2D eigenvalue weighted by Crippen LogP contribution is -2.37. The molecule has 0 aromatic heterocycles. The third-order valence-electron chi connectivity index (χ3n) is 3.17. The van der Waals surface area contributed by atoms with Gasteiger partial charge in [0.05, 0.1) is 5.75 Å². The van der Waals surface area contributed by atoms with Crippen LogP contribution in [0.3, 0.4) is 0 Å². The van der Waals surface area contributed by atoms with Crippen LogP contribution >= 0.6 is 0 Å². The Hall–Kier alpha value is -0.910. The van der Waals surface area contributed by atoms with Crippen LogP contribution in [0, 0.1) is 0 Å². The van der Waals surface area contributed by atoms with Crippen LogP contribution in [-0.4, -0.2) is 45.2 Å². The molecule has 1 unspecified atom stereocenters. The first kappa shape index (κ1) is 16.1. The van der Waals surface area contributed by atoms with Crippen molar-refractivity contribution in [3.8, 4) is 0 Å². The first-order valence-corrected chi connectivity index (χ1v) is 8.24. The van der Waals surface area contributed by atoms with Gasteiger partial charge in [-0.1, -0.05) is 37.3 Å². The SMILES string of the molecule is CCC(Cc1ccccc1)NCCS(=O)(=O)N(C)C. The van der Waals surface area contributed by atoms with E-state index < -0.39 is 10.0 Å². The second kappa shape index (κ2) is 7.62. The number of sulfonamides is 1. The van der Waals surface area contributed by atoms with E-state index in [1.807, 2.05) is 18.2 Å². The zero-order chi connectivity index (χ0) is 14.3. The lowest BCUT2D eigenvalue weighted by molar-refractivity contribution is 0.492. The fraction of sp³-hybridized carbons (Fsp3) is 0.571. The molecule has 1 rings (SSSR count). The predicted molar refractivity (Wildman–Crippen MR) is 79.7 cm³/mol. The molecule has 0 aliphatic rings. The van der Waals surface area contributed by atoms with E-state index in [1.54, 1.807) is 14.1 Å². The van der Waals surface area contributed by atoms with Gasteiger partial charge in [-0.15, -0.1) is 0 Å². The van der Waals surface area contributed by atoms with Crippen molar-refractivity contribution in [2.75, 3.05) is 26.4 Å². The lowest BCUT2D eigenvalue weighted by atomic mass is 10.0. The second-order valence-electron chi connectivity index (χ2n) is 4.85. The van der Waals surface area contributed by atoms with Gasteiger partial charge in [-0.2, -0.15) is 0 Å². The third-order valence-corrected chi connectivity index (χ3v) is 5.00. The largest absolute Gasteiger partial charge is 0.313 e. The first-order chi connectivity index (χ1) is 8.95. The topological polar surface area (TPSA) is 49.4 Å². The van der Waals surface area contributed by atoms with Crippen LogP contribution in [-0.2, 0) is 16.4 Å². The van der Waals surface area contributed by atoms with Gasteiger partial charge in [-0.25, -0.2) is 12.7 Å². The third kappa shape index (κ3) is 5.72. The first-order valence-electron chi connectivity index (χ1n) is 6.63. The standard InChI is InChI=1S/C14H24N2O2S/c1-4-14(12-13-8-6-5-7-9-13)15-10-11-19(17,18)16(2)3/h5-9,14-15H,4,10-12H2,1-3H3. The van der Waals surface area contributed by atoms with Crippen molar-refractivity contribution in [1.29, 1.82) is 0 Å². The highest BCUT2D eigenvalue weighted by Gasteiger charge is 2.14. The van der Waals surface area contributed by atoms with Crippen LogP contribution in [0.25, 0.3) is 0 Å². The highest BCUT2D eigenvalue weighted by molar-refractivity contribution is 7.89. The summed E-state index contributed by atoms with van der Waals surface area (Å²) in [6, 6.07) is 10.6. The van der Waals surface area contributed by atoms with Gasteiger partial charge in [0.25, 0.3) is 0 Å². The summed E-state index contributed by atoms with van der Waals surface area (Å²) in [6.07, 6.45) is 1.91. The van der Waals surface area contributed by atoms with E-state index in [0.29, 0.717) is 12.6 Å². The molecule has 0 saturated carbocycles. The average molecular weight is 284 g/mol. The molecular weight excluding hydrogens is 260 g/mol. The van der Waals surface area contributed by atoms with Gasteiger partial charge in [-0.3, -0.25) is 0 Å². The maximum atomic E-state index is 11.6. The Labute approximate surface area is 116 Å². The van der Waals surface area contributed by atoms with E-state index in [1.165, 1.54) is 9.87 Å². The minimum Gasteiger partial charge on any atom is -0.313 e. The average Bonchev–Trinajstić information content (AvgIpc) is 2.38. The van der Waals surface area contributed by atoms with Crippen LogP contribution in [0.5, 0.6) is 0 Å². The molecule has 0 amide bonds. The summed E-state index contributed by atoms with van der Waals surface area (Å²) in [5.74, 6) is 0.144. The lowest BCUT2D eigenvalue weighted by Gasteiger charge is -2.18. The summed E-state index contributed by atoms with van der Waals surface area (Å²) in [4.78, 5) is 0. The Morgan fingerprint density at radius 2 is 1.84 bits per heavy atom. The van der Waals surface area contributed by atoms with E-state index in [2.05, 4.69) is 24.4 Å². The summed E-state index contributed by atoms with van der Waals surface area (Å²) in [5, 5.41) is 3.32. The van der Waals surface area contributed by atoms with Crippen molar-refractivity contribution in [2.24, 2.45) is 0 Å². The number of nitrogens with zero attached hydrogens (tertiary/aromatic N) is 1. The quantitative estimate of drug-likeness (QED) is 0.787. The molecule has 0 spiro atoms. The molecular formula is C14H24N2O2S. The number of nitrogens with one attached hydrogen (secondary N) is 1. The van der Waals surface area contributed by atoms with Crippen molar-refractivity contribution < 1.29 is 8.42 Å². The molecule has 1 atom stereocenters. The van der Waals surface area contributed by atoms with Crippen LogP contribution in [0.4, 0.5) is 0 Å². The van der Waals surface area contributed by atoms with Gasteiger partial charge < -0.3 is 5.32 Å². The summed E-state index contributed by atoms with van der Waals surface area (Å²) in [5.41, 5.74) is 1.28. The van der Waals surface area contributed by atoms with Crippen LogP contribution in [0.1, 0.15) is 18.9 Å². The molecule has 0 aliphatic carbocycles. The number of hydrogen-bond acceptors (Lipinski definition) is 3. The van der Waals surface area contributed by atoms with Crippen molar-refractivity contribution in [2.45, 2.75) is 25.8 Å². The van der Waals surface area contributed by atoms with Crippen molar-refractivity contribution in [3.63, 3.8) is 0 Å². The maximum absolute atomic E-state index is 11.6. The highest BCUT2D eigenvalue weighted by Crippen LogP contribution is 2.05. The van der Waals surface area contributed by atoms with Crippen molar-refractivity contribution in [1.82, 2.24) is 9.62 Å². The normalized spacial score (nSPS) is 13.7. The zero-order valence-corrected chi connectivity index (χ0v) is 12.8. The molecule has 0 bridgehead atoms. The van der Waals surface area contributed by atoms with Gasteiger partial charge in [0.1, 0.15) is 0 Å². The van der Waals surface area contributed by atoms with Crippen molar-refractivity contribution >= 4 is 10.0 Å². The molecule has 5 heteroatoms. The molecule has 0 saturated heterocycles. The fourth-order valence-electron chi connectivity index (χ4n) is 1.83. The molecule has 108 valence electrons. The molecule has 0 heterocycles. The molecule has 1 N–H and O–H groups in total. The molecule has 0 radical (unpaired) electrons. The maximum Gasteiger partial charge on any atom is 0.214 e. The van der Waals surface area contributed by atoms with Gasteiger partial charge in [0.15, 0.2) is 0 Å². The fourth-order valence-corrected chi connectivity index (χ4v) is 2.58. The molecule has 0 aliphatic heterocycles. The van der Waals surface area contributed by atoms with E-state index in [9.17, 15) is 8.42 Å². The molecule has 19 heavy (non-hydrogen) atoms. The van der Waals surface area contributed by atoms with Crippen LogP contribution in [0.15, 0.2) is 30.3 Å². The smallest absolute Gasteiger partial charge is 0.214 e. The number of benzene rings is 1. The Kier molecular flexibility index (Phi) is 6.48. The summed E-state index contributed by atoms with van der Waals surface area (Å²) in [6.45, 7) is 2.60. The Morgan fingerprint density at radius 3 is 2.37 bits per heavy atom. The van der Waals surface area contributed by atoms with E-state index in [-0.39, 0.29) is 5.75 Å². The number of rotatable bonds is 8. The molecule has 1 aromatic carbocycles. The highest BCUT2D eigenvalue weighted by atomic mass is 32.2. The minimum absolute atomic E-state index is 0.144. The monoisotopic (exact) mass is 284 g/mol. The Morgan fingerprint density at radius 1 is 1.21 bits per heavy atom. The number of hydrogen-bond donors (Lipinski definition) is 1. The summed E-state index contributed by atoms with van der Waals surface area (Å²) >= 11 is 0. The second-order valence-corrected chi connectivity index (χ2v) is 7.15. The molecule has 4 nitrogen and oxygen atoms in total. The predicted octanol–water partition coefficient (Wildman–Crippen LogP) is 1.49. The Bertz CT molecular complexity index is 458.